The van der Waals surface area contributed by atoms with E-state index in [0.29, 0.717) is 18.4 Å². The molecule has 0 N–H and O–H groups in total. The molecular weight excluding hydrogens is 352 g/mol. The molecule has 0 radical (unpaired) electrons. The Kier molecular flexibility index (Phi) is 3.74. The molecule has 7 nitrogen and oxygen atoms in total. The van der Waals surface area contributed by atoms with Gasteiger partial charge in [-0.25, -0.2) is 4.79 Å². The van der Waals surface area contributed by atoms with Crippen LogP contribution < -0.4 is 0 Å². The Morgan fingerprint density at radius 1 is 1.04 bits per heavy atom. The van der Waals surface area contributed by atoms with E-state index in [0.717, 1.165) is 11.8 Å². The highest BCUT2D eigenvalue weighted by Crippen LogP contribution is 2.63. The Morgan fingerprint density at radius 3 is 2.41 bits per heavy atom. The van der Waals surface area contributed by atoms with Crippen LogP contribution in [-0.2, 0) is 33.2 Å². The van der Waals surface area contributed by atoms with Crippen LogP contribution in [0.25, 0.3) is 0 Å². The molecule has 6 unspecified atom stereocenters. The van der Waals surface area contributed by atoms with Crippen molar-refractivity contribution in [3.8, 4) is 0 Å². The summed E-state index contributed by atoms with van der Waals surface area (Å²) in [4.78, 5) is 12.4. The maximum Gasteiger partial charge on any atom is 0.338 e. The van der Waals surface area contributed by atoms with Crippen molar-refractivity contribution >= 4 is 5.97 Å². The van der Waals surface area contributed by atoms with Gasteiger partial charge in [-0.2, -0.15) is 0 Å². The third kappa shape index (κ3) is 2.35. The molecule has 1 spiro atoms. The fraction of sp³-hybridized carbons (Fsp3) is 0.950. The molecule has 4 aliphatic carbocycles. The van der Waals surface area contributed by atoms with Crippen LogP contribution in [-0.4, -0.2) is 62.3 Å². The van der Waals surface area contributed by atoms with E-state index in [1.165, 1.54) is 32.1 Å². The van der Waals surface area contributed by atoms with Gasteiger partial charge in [-0.15, -0.1) is 0 Å². The third-order valence-corrected chi connectivity index (χ3v) is 7.67. The highest BCUT2D eigenvalue weighted by Gasteiger charge is 2.70. The largest absolute Gasteiger partial charge is 0.454 e. The lowest BCUT2D eigenvalue weighted by Gasteiger charge is -2.58. The highest BCUT2D eigenvalue weighted by atomic mass is 16.9. The van der Waals surface area contributed by atoms with E-state index in [-0.39, 0.29) is 18.2 Å². The van der Waals surface area contributed by atoms with Crippen LogP contribution in [0.2, 0.25) is 0 Å². The monoisotopic (exact) mass is 380 g/mol. The number of fused-ring (bicyclic) bond motifs is 3. The van der Waals surface area contributed by atoms with Crippen molar-refractivity contribution in [2.45, 2.75) is 81.6 Å². The second-order valence-corrected chi connectivity index (χ2v) is 9.42. The zero-order chi connectivity index (χ0) is 18.3. The first kappa shape index (κ1) is 17.2. The molecule has 27 heavy (non-hydrogen) atoms. The van der Waals surface area contributed by atoms with Gasteiger partial charge in [0, 0.05) is 18.9 Å². The molecule has 4 bridgehead atoms. The number of methoxy groups -OCH3 is 1. The van der Waals surface area contributed by atoms with E-state index in [9.17, 15) is 4.79 Å². The SMILES string of the molecule is COCC(C)OC1C(=O)OC2C3OC4(OC3OC12)C1CC2CC(C1)CC4C2. The Hall–Kier alpha value is -0.730. The van der Waals surface area contributed by atoms with Gasteiger partial charge in [0.25, 0.3) is 0 Å². The normalized spacial score (nSPS) is 55.8. The average Bonchev–Trinajstić information content (AvgIpc) is 3.23. The minimum absolute atomic E-state index is 0.215. The molecule has 7 aliphatic rings. The highest BCUT2D eigenvalue weighted by molar-refractivity contribution is 5.78. The predicted molar refractivity (Wildman–Crippen MR) is 90.5 cm³/mol. The van der Waals surface area contributed by atoms with Gasteiger partial charge in [-0.1, -0.05) is 0 Å². The lowest BCUT2D eigenvalue weighted by molar-refractivity contribution is -0.324. The Morgan fingerprint density at radius 2 is 1.74 bits per heavy atom. The van der Waals surface area contributed by atoms with E-state index < -0.39 is 30.4 Å². The minimum Gasteiger partial charge on any atom is -0.454 e. The van der Waals surface area contributed by atoms with Crippen LogP contribution in [0.4, 0.5) is 0 Å². The summed E-state index contributed by atoms with van der Waals surface area (Å²) in [6.07, 6.45) is 3.48. The summed E-state index contributed by atoms with van der Waals surface area (Å²) in [5.41, 5.74) is 0. The number of rotatable bonds is 4. The number of hydrogen-bond donors (Lipinski definition) is 0. The van der Waals surface area contributed by atoms with E-state index in [1.807, 2.05) is 6.92 Å². The summed E-state index contributed by atoms with van der Waals surface area (Å²) in [6.45, 7) is 2.28. The van der Waals surface area contributed by atoms with Gasteiger partial charge in [-0.3, -0.25) is 0 Å². The molecule has 7 rings (SSSR count). The van der Waals surface area contributed by atoms with Crippen molar-refractivity contribution in [2.24, 2.45) is 23.7 Å². The lowest BCUT2D eigenvalue weighted by Crippen LogP contribution is -2.59. The first-order chi connectivity index (χ1) is 13.1. The summed E-state index contributed by atoms with van der Waals surface area (Å²) in [5, 5.41) is 0. The van der Waals surface area contributed by atoms with Crippen LogP contribution in [0.5, 0.6) is 0 Å². The molecule has 3 saturated heterocycles. The first-order valence-corrected chi connectivity index (χ1v) is 10.4. The van der Waals surface area contributed by atoms with Crippen LogP contribution in [0.3, 0.4) is 0 Å². The molecule has 3 aliphatic heterocycles. The number of carbonyl (C=O) groups excluding carboxylic acids is 1. The van der Waals surface area contributed by atoms with E-state index in [2.05, 4.69) is 0 Å². The molecule has 7 fully saturated rings. The molecule has 6 atom stereocenters. The number of carbonyl (C=O) groups is 1. The lowest BCUT2D eigenvalue weighted by atomic mass is 9.53. The van der Waals surface area contributed by atoms with Crippen LogP contribution in [0, 0.1) is 23.7 Å². The van der Waals surface area contributed by atoms with E-state index in [1.54, 1.807) is 7.11 Å². The minimum atomic E-state index is -0.743. The summed E-state index contributed by atoms with van der Waals surface area (Å²) >= 11 is 0. The predicted octanol–water partition coefficient (Wildman–Crippen LogP) is 1.62. The van der Waals surface area contributed by atoms with E-state index >= 15 is 0 Å². The second kappa shape index (κ2) is 5.89. The summed E-state index contributed by atoms with van der Waals surface area (Å²) < 4.78 is 35.8. The van der Waals surface area contributed by atoms with Gasteiger partial charge >= 0.3 is 5.97 Å². The van der Waals surface area contributed by atoms with Gasteiger partial charge in [0.15, 0.2) is 30.4 Å². The van der Waals surface area contributed by atoms with Gasteiger partial charge in [0.05, 0.1) is 12.7 Å². The Labute approximate surface area is 158 Å². The summed E-state index contributed by atoms with van der Waals surface area (Å²) in [7, 11) is 1.61. The fourth-order valence-electron chi connectivity index (χ4n) is 6.89. The smallest absolute Gasteiger partial charge is 0.338 e. The Balaban J connectivity index is 1.20. The summed E-state index contributed by atoms with van der Waals surface area (Å²) in [5.74, 6) is 1.68. The third-order valence-electron chi connectivity index (χ3n) is 7.67. The summed E-state index contributed by atoms with van der Waals surface area (Å²) in [6, 6.07) is 0. The van der Waals surface area contributed by atoms with Crippen LogP contribution in [0.15, 0.2) is 0 Å². The molecule has 0 aromatic carbocycles. The molecule has 150 valence electrons. The number of ether oxygens (including phenoxy) is 6. The molecule has 4 saturated carbocycles. The number of hydrogen-bond acceptors (Lipinski definition) is 7. The van der Waals surface area contributed by atoms with Crippen molar-refractivity contribution in [1.82, 2.24) is 0 Å². The zero-order valence-corrected chi connectivity index (χ0v) is 15.9. The maximum absolute atomic E-state index is 12.4. The average molecular weight is 380 g/mol. The molecule has 3 heterocycles. The van der Waals surface area contributed by atoms with Gasteiger partial charge in [-0.05, 0) is 50.9 Å². The first-order valence-electron chi connectivity index (χ1n) is 10.4. The second-order valence-electron chi connectivity index (χ2n) is 9.42. The maximum atomic E-state index is 12.4. The van der Waals surface area contributed by atoms with Crippen LogP contribution >= 0.6 is 0 Å². The van der Waals surface area contributed by atoms with Crippen molar-refractivity contribution in [1.29, 1.82) is 0 Å². The van der Waals surface area contributed by atoms with Crippen molar-refractivity contribution in [3.05, 3.63) is 0 Å². The molecule has 0 aromatic rings. The molecule has 0 aromatic heterocycles. The fourth-order valence-corrected chi connectivity index (χ4v) is 6.89. The van der Waals surface area contributed by atoms with Gasteiger partial charge < -0.3 is 28.4 Å². The standard InChI is InChI=1S/C20H28O7/c1-9(8-22-2)23-16-14-15(24-18(16)21)17-19(25-14)27-20(26-17)12-4-10-3-11(6-12)7-13(20)5-10/h9-17,19H,3-8H2,1-2H3. The van der Waals surface area contributed by atoms with Crippen molar-refractivity contribution in [2.75, 3.05) is 13.7 Å². The molecule has 7 heteroatoms. The van der Waals surface area contributed by atoms with Gasteiger partial charge in [0.2, 0.25) is 0 Å². The Bertz CT molecular complexity index is 608. The number of esters is 1. The molecule has 0 amide bonds. The van der Waals surface area contributed by atoms with Crippen LogP contribution in [0.1, 0.15) is 39.0 Å². The van der Waals surface area contributed by atoms with Crippen molar-refractivity contribution < 1.29 is 33.2 Å². The quantitative estimate of drug-likeness (QED) is 0.686. The zero-order valence-electron chi connectivity index (χ0n) is 15.9. The topological polar surface area (TPSA) is 72.5 Å². The van der Waals surface area contributed by atoms with Crippen molar-refractivity contribution in [3.63, 3.8) is 0 Å². The molecular formula is C20H28O7. The van der Waals surface area contributed by atoms with E-state index in [4.69, 9.17) is 28.4 Å². The van der Waals surface area contributed by atoms with Gasteiger partial charge in [0.1, 0.15) is 6.10 Å².